The molecule has 1 aliphatic rings. The molecule has 1 aromatic rings. The first-order chi connectivity index (χ1) is 9.06. The molecular weight excluding hydrogens is 304 g/mol. The van der Waals surface area contributed by atoms with E-state index in [0.717, 1.165) is 36.9 Å². The summed E-state index contributed by atoms with van der Waals surface area (Å²) in [6.45, 7) is 7.08. The highest BCUT2D eigenvalue weighted by Gasteiger charge is 2.18. The van der Waals surface area contributed by atoms with Crippen molar-refractivity contribution in [1.29, 1.82) is 0 Å². The molecule has 1 fully saturated rings. The third-order valence-electron chi connectivity index (χ3n) is 3.53. The van der Waals surface area contributed by atoms with Gasteiger partial charge in [-0.1, -0.05) is 19.9 Å². The first kappa shape index (κ1) is 14.8. The highest BCUT2D eigenvalue weighted by molar-refractivity contribution is 9.10. The van der Waals surface area contributed by atoms with E-state index in [1.165, 1.54) is 11.3 Å². The highest BCUT2D eigenvalue weighted by Crippen LogP contribution is 2.29. The second kappa shape index (κ2) is 6.73. The Morgan fingerprint density at radius 2 is 2.05 bits per heavy atom. The minimum Gasteiger partial charge on any atom is -0.393 e. The van der Waals surface area contributed by atoms with Crippen LogP contribution in [0.4, 0.5) is 5.69 Å². The summed E-state index contributed by atoms with van der Waals surface area (Å²) in [4.78, 5) is 2.34. The van der Waals surface area contributed by atoms with Crippen molar-refractivity contribution in [2.45, 2.75) is 45.4 Å². The van der Waals surface area contributed by atoms with Gasteiger partial charge in [-0.3, -0.25) is 0 Å². The zero-order valence-electron chi connectivity index (χ0n) is 11.7. The van der Waals surface area contributed by atoms with Gasteiger partial charge in [0.05, 0.1) is 11.8 Å². The van der Waals surface area contributed by atoms with Crippen molar-refractivity contribution in [3.05, 3.63) is 28.2 Å². The van der Waals surface area contributed by atoms with Crippen molar-refractivity contribution in [1.82, 2.24) is 5.32 Å². The lowest BCUT2D eigenvalue weighted by Gasteiger charge is -2.32. The Bertz CT molecular complexity index is 415. The van der Waals surface area contributed by atoms with Crippen LogP contribution in [0.2, 0.25) is 0 Å². The monoisotopic (exact) mass is 326 g/mol. The molecule has 2 rings (SSSR count). The normalized spacial score (nSPS) is 17.2. The van der Waals surface area contributed by atoms with Crippen molar-refractivity contribution >= 4 is 21.6 Å². The Labute approximate surface area is 124 Å². The number of hydrogen-bond donors (Lipinski definition) is 2. The summed E-state index contributed by atoms with van der Waals surface area (Å²) >= 11 is 3.67. The molecule has 1 saturated heterocycles. The number of aliphatic hydroxyl groups is 1. The lowest BCUT2D eigenvalue weighted by atomic mass is 10.1. The lowest BCUT2D eigenvalue weighted by Crippen LogP contribution is -2.36. The molecule has 4 heteroatoms. The van der Waals surface area contributed by atoms with Crippen molar-refractivity contribution in [2.24, 2.45) is 0 Å². The zero-order chi connectivity index (χ0) is 13.8. The summed E-state index contributed by atoms with van der Waals surface area (Å²) in [6.07, 6.45) is 1.61. The fraction of sp³-hybridized carbons (Fsp3) is 0.600. The standard InChI is InChI=1S/C15H23BrN2O/c1-11(2)17-10-12-3-4-15(14(16)9-12)18-7-5-13(19)6-8-18/h3-4,9,11,13,17,19H,5-8,10H2,1-2H3. The van der Waals surface area contributed by atoms with Gasteiger partial charge in [-0.2, -0.15) is 0 Å². The van der Waals surface area contributed by atoms with E-state index in [1.54, 1.807) is 0 Å². The van der Waals surface area contributed by atoms with Crippen LogP contribution in [0.3, 0.4) is 0 Å². The Morgan fingerprint density at radius 3 is 2.63 bits per heavy atom. The quantitative estimate of drug-likeness (QED) is 0.893. The summed E-state index contributed by atoms with van der Waals surface area (Å²) in [5.41, 5.74) is 2.53. The second-order valence-electron chi connectivity index (χ2n) is 5.54. The molecule has 0 unspecified atom stereocenters. The van der Waals surface area contributed by atoms with Crippen molar-refractivity contribution in [2.75, 3.05) is 18.0 Å². The van der Waals surface area contributed by atoms with Crippen LogP contribution in [-0.4, -0.2) is 30.3 Å². The van der Waals surface area contributed by atoms with Crippen LogP contribution >= 0.6 is 15.9 Å². The van der Waals surface area contributed by atoms with E-state index in [-0.39, 0.29) is 6.10 Å². The average molecular weight is 327 g/mol. The first-order valence-corrected chi connectivity index (χ1v) is 7.80. The minimum atomic E-state index is -0.121. The topological polar surface area (TPSA) is 35.5 Å². The summed E-state index contributed by atoms with van der Waals surface area (Å²) in [6, 6.07) is 7.05. The van der Waals surface area contributed by atoms with Gasteiger partial charge in [-0.05, 0) is 46.5 Å². The molecule has 19 heavy (non-hydrogen) atoms. The number of nitrogens with zero attached hydrogens (tertiary/aromatic N) is 1. The van der Waals surface area contributed by atoms with Crippen LogP contribution in [0.1, 0.15) is 32.3 Å². The van der Waals surface area contributed by atoms with Crippen molar-refractivity contribution in [3.8, 4) is 0 Å². The van der Waals surface area contributed by atoms with Crippen LogP contribution in [0, 0.1) is 0 Å². The third kappa shape index (κ3) is 4.20. The van der Waals surface area contributed by atoms with Crippen LogP contribution in [0.15, 0.2) is 22.7 Å². The maximum Gasteiger partial charge on any atom is 0.0574 e. The predicted octanol–water partition coefficient (Wildman–Crippen LogP) is 2.91. The SMILES string of the molecule is CC(C)NCc1ccc(N2CCC(O)CC2)c(Br)c1. The molecular formula is C15H23BrN2O. The molecule has 1 aliphatic heterocycles. The van der Waals surface area contributed by atoms with Gasteiger partial charge in [0.15, 0.2) is 0 Å². The Hall–Kier alpha value is -0.580. The average Bonchev–Trinajstić information content (AvgIpc) is 2.38. The summed E-state index contributed by atoms with van der Waals surface area (Å²) in [5.74, 6) is 0. The van der Waals surface area contributed by atoms with E-state index in [9.17, 15) is 5.11 Å². The zero-order valence-corrected chi connectivity index (χ0v) is 13.3. The van der Waals surface area contributed by atoms with Crippen molar-refractivity contribution < 1.29 is 5.11 Å². The Balaban J connectivity index is 2.02. The summed E-state index contributed by atoms with van der Waals surface area (Å²) < 4.78 is 1.15. The van der Waals surface area contributed by atoms with Crippen LogP contribution < -0.4 is 10.2 Å². The van der Waals surface area contributed by atoms with E-state index < -0.39 is 0 Å². The van der Waals surface area contributed by atoms with E-state index in [0.29, 0.717) is 6.04 Å². The number of piperidine rings is 1. The van der Waals surface area contributed by atoms with E-state index in [1.807, 2.05) is 0 Å². The third-order valence-corrected chi connectivity index (χ3v) is 4.17. The first-order valence-electron chi connectivity index (χ1n) is 7.01. The number of benzene rings is 1. The van der Waals surface area contributed by atoms with Crippen LogP contribution in [0.25, 0.3) is 0 Å². The lowest BCUT2D eigenvalue weighted by molar-refractivity contribution is 0.145. The molecule has 3 nitrogen and oxygen atoms in total. The van der Waals surface area contributed by atoms with Crippen LogP contribution in [0.5, 0.6) is 0 Å². The maximum atomic E-state index is 9.56. The molecule has 0 atom stereocenters. The number of rotatable bonds is 4. The Kier molecular flexibility index (Phi) is 5.25. The van der Waals surface area contributed by atoms with Gasteiger partial charge < -0.3 is 15.3 Å². The van der Waals surface area contributed by atoms with Crippen molar-refractivity contribution in [3.63, 3.8) is 0 Å². The molecule has 0 spiro atoms. The molecule has 2 N–H and O–H groups in total. The number of anilines is 1. The smallest absolute Gasteiger partial charge is 0.0574 e. The van der Waals surface area contributed by atoms with Crippen LogP contribution in [-0.2, 0) is 6.54 Å². The number of aliphatic hydroxyl groups excluding tert-OH is 1. The molecule has 0 amide bonds. The maximum absolute atomic E-state index is 9.56. The summed E-state index contributed by atoms with van der Waals surface area (Å²) in [7, 11) is 0. The summed E-state index contributed by atoms with van der Waals surface area (Å²) in [5, 5.41) is 13.0. The molecule has 106 valence electrons. The van der Waals surface area contributed by atoms with E-state index >= 15 is 0 Å². The molecule has 0 bridgehead atoms. The number of hydrogen-bond acceptors (Lipinski definition) is 3. The second-order valence-corrected chi connectivity index (χ2v) is 6.39. The Morgan fingerprint density at radius 1 is 1.37 bits per heavy atom. The van der Waals surface area contributed by atoms with E-state index in [2.05, 4.69) is 58.2 Å². The fourth-order valence-electron chi connectivity index (χ4n) is 2.35. The van der Waals surface area contributed by atoms with Gasteiger partial charge in [0.1, 0.15) is 0 Å². The largest absolute Gasteiger partial charge is 0.393 e. The van der Waals surface area contributed by atoms with Gasteiger partial charge in [-0.25, -0.2) is 0 Å². The van der Waals surface area contributed by atoms with Gasteiger partial charge in [0, 0.05) is 30.1 Å². The predicted molar refractivity (Wildman–Crippen MR) is 83.6 cm³/mol. The molecule has 0 radical (unpaired) electrons. The van der Waals surface area contributed by atoms with Gasteiger partial charge in [0.2, 0.25) is 0 Å². The molecule has 1 heterocycles. The molecule has 1 aromatic carbocycles. The number of nitrogens with one attached hydrogen (secondary N) is 1. The number of halogens is 1. The van der Waals surface area contributed by atoms with E-state index in [4.69, 9.17) is 0 Å². The molecule has 0 aromatic heterocycles. The van der Waals surface area contributed by atoms with Gasteiger partial charge >= 0.3 is 0 Å². The van der Waals surface area contributed by atoms with Gasteiger partial charge in [0.25, 0.3) is 0 Å². The van der Waals surface area contributed by atoms with Gasteiger partial charge in [-0.15, -0.1) is 0 Å². The highest BCUT2D eigenvalue weighted by atomic mass is 79.9. The molecule has 0 aliphatic carbocycles. The molecule has 0 saturated carbocycles. The minimum absolute atomic E-state index is 0.121. The fourth-order valence-corrected chi connectivity index (χ4v) is 3.02.